The summed E-state index contributed by atoms with van der Waals surface area (Å²) in [6.07, 6.45) is 1.55. The van der Waals surface area contributed by atoms with Crippen molar-refractivity contribution in [2.45, 2.75) is 38.6 Å². The molecule has 3 rings (SSSR count). The minimum absolute atomic E-state index is 0.0515. The molecule has 0 radical (unpaired) electrons. The number of nitrogens with zero attached hydrogens (tertiary/aromatic N) is 2. The molecule has 0 unspecified atom stereocenters. The van der Waals surface area contributed by atoms with Crippen molar-refractivity contribution >= 4 is 17.5 Å². The number of benzene rings is 2. The van der Waals surface area contributed by atoms with Crippen LogP contribution in [0.2, 0.25) is 0 Å². The monoisotopic (exact) mass is 393 g/mol. The molecule has 0 aliphatic carbocycles. The molecule has 2 aromatic carbocycles. The van der Waals surface area contributed by atoms with Gasteiger partial charge in [-0.2, -0.15) is 0 Å². The number of hydrogen-bond donors (Lipinski definition) is 1. The summed E-state index contributed by atoms with van der Waals surface area (Å²) < 4.78 is 0. The second-order valence-corrected chi connectivity index (χ2v) is 8.26. The van der Waals surface area contributed by atoms with Crippen LogP contribution in [0.25, 0.3) is 0 Å². The number of anilines is 1. The predicted octanol–water partition coefficient (Wildman–Crippen LogP) is 3.91. The van der Waals surface area contributed by atoms with Crippen molar-refractivity contribution in [3.05, 3.63) is 65.2 Å². The van der Waals surface area contributed by atoms with Crippen molar-refractivity contribution in [2.24, 2.45) is 0 Å². The highest BCUT2D eigenvalue weighted by Crippen LogP contribution is 2.18. The van der Waals surface area contributed by atoms with Crippen LogP contribution in [0.4, 0.5) is 5.69 Å². The Kier molecular flexibility index (Phi) is 6.57. The first-order valence-electron chi connectivity index (χ1n) is 10.3. The van der Waals surface area contributed by atoms with E-state index >= 15 is 0 Å². The Morgan fingerprint density at radius 3 is 2.00 bits per heavy atom. The van der Waals surface area contributed by atoms with Gasteiger partial charge >= 0.3 is 0 Å². The molecule has 0 bridgehead atoms. The van der Waals surface area contributed by atoms with Crippen LogP contribution < -0.4 is 10.2 Å². The molecule has 1 saturated heterocycles. The number of hydrogen-bond acceptors (Lipinski definition) is 3. The van der Waals surface area contributed by atoms with E-state index in [-0.39, 0.29) is 17.9 Å². The van der Waals surface area contributed by atoms with Crippen LogP contribution >= 0.6 is 0 Å². The second kappa shape index (κ2) is 9.12. The predicted molar refractivity (Wildman–Crippen MR) is 118 cm³/mol. The first-order valence-corrected chi connectivity index (χ1v) is 10.3. The van der Waals surface area contributed by atoms with Crippen LogP contribution in [-0.2, 0) is 0 Å². The molecule has 154 valence electrons. The molecular formula is C24H31N3O2. The Balaban J connectivity index is 1.52. The Hall–Kier alpha value is -2.82. The Bertz CT molecular complexity index is 833. The molecule has 29 heavy (non-hydrogen) atoms. The maximum Gasteiger partial charge on any atom is 0.253 e. The van der Waals surface area contributed by atoms with E-state index in [2.05, 4.69) is 19.2 Å². The first-order chi connectivity index (χ1) is 13.8. The van der Waals surface area contributed by atoms with Gasteiger partial charge in [-0.25, -0.2) is 0 Å². The van der Waals surface area contributed by atoms with Crippen LogP contribution in [0, 0.1) is 0 Å². The van der Waals surface area contributed by atoms with Gasteiger partial charge in [0.05, 0.1) is 0 Å². The van der Waals surface area contributed by atoms with Gasteiger partial charge in [0.2, 0.25) is 0 Å². The molecule has 1 heterocycles. The molecule has 2 amide bonds. The van der Waals surface area contributed by atoms with Crippen molar-refractivity contribution in [2.75, 3.05) is 32.1 Å². The zero-order valence-corrected chi connectivity index (χ0v) is 17.8. The lowest BCUT2D eigenvalue weighted by Crippen LogP contribution is -2.46. The number of carbonyl (C=O) groups is 2. The molecule has 1 N–H and O–H groups in total. The van der Waals surface area contributed by atoms with Crippen LogP contribution in [-0.4, -0.2) is 49.9 Å². The standard InChI is InChI=1S/C24H31N3O2/c1-17(2)18-5-7-20(8-6-18)24(29)27-15-13-21(14-16-27)25-23(28)19-9-11-22(12-10-19)26(3)4/h5-12,17,21H,13-16H2,1-4H3,(H,25,28). The van der Waals surface area contributed by atoms with Crippen molar-refractivity contribution in [3.8, 4) is 0 Å². The molecule has 0 atom stereocenters. The minimum atomic E-state index is -0.0515. The first kappa shape index (κ1) is 20.9. The normalized spacial score (nSPS) is 14.7. The van der Waals surface area contributed by atoms with Gasteiger partial charge < -0.3 is 15.1 Å². The summed E-state index contributed by atoms with van der Waals surface area (Å²) in [4.78, 5) is 29.2. The van der Waals surface area contributed by atoms with E-state index in [0.29, 0.717) is 24.6 Å². The van der Waals surface area contributed by atoms with Crippen LogP contribution in [0.3, 0.4) is 0 Å². The van der Waals surface area contributed by atoms with Gasteiger partial charge in [0.25, 0.3) is 11.8 Å². The van der Waals surface area contributed by atoms with Gasteiger partial charge in [-0.1, -0.05) is 26.0 Å². The number of amides is 2. The van der Waals surface area contributed by atoms with Crippen LogP contribution in [0.1, 0.15) is 58.9 Å². The molecule has 1 fully saturated rings. The van der Waals surface area contributed by atoms with E-state index in [9.17, 15) is 9.59 Å². The molecule has 1 aliphatic heterocycles. The average Bonchev–Trinajstić information content (AvgIpc) is 2.74. The number of likely N-dealkylation sites (tertiary alicyclic amines) is 1. The summed E-state index contributed by atoms with van der Waals surface area (Å²) >= 11 is 0. The van der Waals surface area contributed by atoms with E-state index in [1.54, 1.807) is 0 Å². The minimum Gasteiger partial charge on any atom is -0.378 e. The fourth-order valence-electron chi connectivity index (χ4n) is 3.60. The third-order valence-corrected chi connectivity index (χ3v) is 5.59. The highest BCUT2D eigenvalue weighted by molar-refractivity contribution is 5.95. The summed E-state index contributed by atoms with van der Waals surface area (Å²) in [7, 11) is 3.95. The molecule has 1 aliphatic rings. The largest absolute Gasteiger partial charge is 0.378 e. The van der Waals surface area contributed by atoms with E-state index in [0.717, 1.165) is 24.1 Å². The highest BCUT2D eigenvalue weighted by atomic mass is 16.2. The lowest BCUT2D eigenvalue weighted by atomic mass is 10.00. The van der Waals surface area contributed by atoms with Crippen LogP contribution in [0.5, 0.6) is 0 Å². The molecule has 0 saturated carbocycles. The zero-order valence-electron chi connectivity index (χ0n) is 17.8. The van der Waals surface area contributed by atoms with Crippen molar-refractivity contribution < 1.29 is 9.59 Å². The van der Waals surface area contributed by atoms with Crippen molar-refractivity contribution in [1.29, 1.82) is 0 Å². The summed E-state index contributed by atoms with van der Waals surface area (Å²) in [5.74, 6) is 0.478. The lowest BCUT2D eigenvalue weighted by Gasteiger charge is -2.32. The van der Waals surface area contributed by atoms with Gasteiger partial charge in [0, 0.05) is 50.0 Å². The summed E-state index contributed by atoms with van der Waals surface area (Å²) in [5.41, 5.74) is 3.70. The second-order valence-electron chi connectivity index (χ2n) is 8.26. The van der Waals surface area contributed by atoms with Gasteiger partial charge in [0.15, 0.2) is 0 Å². The van der Waals surface area contributed by atoms with E-state index < -0.39 is 0 Å². The quantitative estimate of drug-likeness (QED) is 0.838. The maximum atomic E-state index is 12.8. The number of rotatable bonds is 5. The van der Waals surface area contributed by atoms with E-state index in [4.69, 9.17) is 0 Å². The van der Waals surface area contributed by atoms with Crippen molar-refractivity contribution in [3.63, 3.8) is 0 Å². The molecule has 0 spiro atoms. The maximum absolute atomic E-state index is 12.8. The van der Waals surface area contributed by atoms with Gasteiger partial charge in [-0.15, -0.1) is 0 Å². The third kappa shape index (κ3) is 5.17. The molecule has 0 aromatic heterocycles. The molecular weight excluding hydrogens is 362 g/mol. The highest BCUT2D eigenvalue weighted by Gasteiger charge is 2.25. The van der Waals surface area contributed by atoms with Gasteiger partial charge in [0.1, 0.15) is 0 Å². The lowest BCUT2D eigenvalue weighted by molar-refractivity contribution is 0.0698. The van der Waals surface area contributed by atoms with Gasteiger partial charge in [-0.05, 0) is 60.7 Å². The summed E-state index contributed by atoms with van der Waals surface area (Å²) in [5, 5.41) is 3.11. The Labute approximate surface area is 173 Å². The topological polar surface area (TPSA) is 52.7 Å². The Morgan fingerprint density at radius 1 is 0.931 bits per heavy atom. The summed E-state index contributed by atoms with van der Waals surface area (Å²) in [6.45, 7) is 5.61. The van der Waals surface area contributed by atoms with E-state index in [1.165, 1.54) is 5.56 Å². The van der Waals surface area contributed by atoms with E-state index in [1.807, 2.05) is 72.4 Å². The number of carbonyl (C=O) groups excluding carboxylic acids is 2. The van der Waals surface area contributed by atoms with Crippen molar-refractivity contribution in [1.82, 2.24) is 10.2 Å². The average molecular weight is 394 g/mol. The fourth-order valence-corrected chi connectivity index (χ4v) is 3.60. The SMILES string of the molecule is CC(C)c1ccc(C(=O)N2CCC(NC(=O)c3ccc(N(C)C)cc3)CC2)cc1. The molecule has 5 nitrogen and oxygen atoms in total. The molecule has 2 aromatic rings. The third-order valence-electron chi connectivity index (χ3n) is 5.59. The molecule has 5 heteroatoms. The number of piperidine rings is 1. The van der Waals surface area contributed by atoms with Crippen LogP contribution in [0.15, 0.2) is 48.5 Å². The smallest absolute Gasteiger partial charge is 0.253 e. The fraction of sp³-hybridized carbons (Fsp3) is 0.417. The van der Waals surface area contributed by atoms with Gasteiger partial charge in [-0.3, -0.25) is 9.59 Å². The Morgan fingerprint density at radius 2 is 1.48 bits per heavy atom. The summed E-state index contributed by atoms with van der Waals surface area (Å²) in [6, 6.07) is 15.6. The zero-order chi connectivity index (χ0) is 21.0. The number of nitrogens with one attached hydrogen (secondary N) is 1.